The molecule has 2 unspecified atom stereocenters. The van der Waals surface area contributed by atoms with Crippen molar-refractivity contribution in [1.29, 1.82) is 0 Å². The zero-order valence-electron chi connectivity index (χ0n) is 14.4. The average molecular weight is 314 g/mol. The Morgan fingerprint density at radius 1 is 0.864 bits per heavy atom. The smallest absolute Gasteiger partial charge is 0.306 e. The Kier molecular flexibility index (Phi) is 12.9. The molecule has 0 amide bonds. The minimum atomic E-state index is -0.733. The minimum Gasteiger partial charge on any atom is -0.481 e. The van der Waals surface area contributed by atoms with Crippen LogP contribution >= 0.6 is 0 Å². The molecule has 0 aliphatic heterocycles. The van der Waals surface area contributed by atoms with Crippen molar-refractivity contribution in [2.24, 2.45) is 11.8 Å². The summed E-state index contributed by atoms with van der Waals surface area (Å²) in [4.78, 5) is 21.8. The summed E-state index contributed by atoms with van der Waals surface area (Å²) in [7, 11) is 0. The first-order valence-corrected chi connectivity index (χ1v) is 8.95. The van der Waals surface area contributed by atoms with Gasteiger partial charge in [-0.1, -0.05) is 65.2 Å². The van der Waals surface area contributed by atoms with Crippen molar-refractivity contribution in [1.82, 2.24) is 0 Å². The molecule has 0 heterocycles. The molecule has 0 aromatic heterocycles. The molecular formula is C18H34O4. The van der Waals surface area contributed by atoms with Crippen molar-refractivity contribution < 1.29 is 19.8 Å². The first-order chi connectivity index (χ1) is 10.5. The maximum Gasteiger partial charge on any atom is 0.306 e. The van der Waals surface area contributed by atoms with Gasteiger partial charge in [0.1, 0.15) is 0 Å². The summed E-state index contributed by atoms with van der Waals surface area (Å²) in [6.07, 6.45) is 11.0. The Balaban J connectivity index is 3.89. The van der Waals surface area contributed by atoms with Gasteiger partial charge in [0, 0.05) is 6.42 Å². The molecule has 0 spiro atoms. The van der Waals surface area contributed by atoms with Gasteiger partial charge in [-0.2, -0.15) is 0 Å². The van der Waals surface area contributed by atoms with Gasteiger partial charge in [-0.05, 0) is 25.2 Å². The van der Waals surface area contributed by atoms with Crippen molar-refractivity contribution in [3.05, 3.63) is 0 Å². The summed E-state index contributed by atoms with van der Waals surface area (Å²) in [5.41, 5.74) is 0. The molecule has 22 heavy (non-hydrogen) atoms. The Hall–Kier alpha value is -1.06. The van der Waals surface area contributed by atoms with Gasteiger partial charge in [0.15, 0.2) is 0 Å². The number of carboxylic acids is 2. The van der Waals surface area contributed by atoms with Gasteiger partial charge in [0.2, 0.25) is 0 Å². The number of carbonyl (C=O) groups is 2. The molecule has 0 aromatic carbocycles. The third-order valence-corrected chi connectivity index (χ3v) is 4.45. The quantitative estimate of drug-likeness (QED) is 0.412. The van der Waals surface area contributed by atoms with E-state index in [1.165, 1.54) is 12.8 Å². The van der Waals surface area contributed by atoms with Gasteiger partial charge in [0.25, 0.3) is 0 Å². The van der Waals surface area contributed by atoms with Gasteiger partial charge in [-0.3, -0.25) is 9.59 Å². The van der Waals surface area contributed by atoms with Crippen LogP contribution in [0.3, 0.4) is 0 Å². The average Bonchev–Trinajstić information content (AvgIpc) is 2.47. The summed E-state index contributed by atoms with van der Waals surface area (Å²) in [5, 5.41) is 17.9. The Morgan fingerprint density at radius 2 is 1.50 bits per heavy atom. The van der Waals surface area contributed by atoms with Crippen LogP contribution in [0.15, 0.2) is 0 Å². The van der Waals surface area contributed by atoms with Crippen molar-refractivity contribution >= 4 is 11.9 Å². The van der Waals surface area contributed by atoms with Crippen molar-refractivity contribution in [3.63, 3.8) is 0 Å². The number of rotatable bonds is 15. The van der Waals surface area contributed by atoms with E-state index in [0.29, 0.717) is 5.92 Å². The third kappa shape index (κ3) is 11.6. The Morgan fingerprint density at radius 3 is 2.05 bits per heavy atom. The predicted octanol–water partition coefficient (Wildman–Crippen LogP) is 5.11. The molecule has 0 aromatic rings. The SMILES string of the molecule is CCCCC(CC)CC(CCCCCCCC(=O)O)C(=O)O. The van der Waals surface area contributed by atoms with E-state index in [1.54, 1.807) is 0 Å². The van der Waals surface area contributed by atoms with Crippen LogP contribution in [0.25, 0.3) is 0 Å². The third-order valence-electron chi connectivity index (χ3n) is 4.45. The fourth-order valence-electron chi connectivity index (χ4n) is 2.92. The molecule has 2 N–H and O–H groups in total. The van der Waals surface area contributed by atoms with Gasteiger partial charge < -0.3 is 10.2 Å². The molecule has 130 valence electrons. The highest BCUT2D eigenvalue weighted by atomic mass is 16.4. The van der Waals surface area contributed by atoms with Crippen LogP contribution in [0.1, 0.15) is 90.9 Å². The van der Waals surface area contributed by atoms with E-state index in [4.69, 9.17) is 5.11 Å². The first kappa shape index (κ1) is 20.9. The predicted molar refractivity (Wildman–Crippen MR) is 89.0 cm³/mol. The second kappa shape index (κ2) is 13.6. The lowest BCUT2D eigenvalue weighted by Gasteiger charge is -2.19. The van der Waals surface area contributed by atoms with Gasteiger partial charge in [-0.25, -0.2) is 0 Å². The van der Waals surface area contributed by atoms with E-state index in [9.17, 15) is 14.7 Å². The summed E-state index contributed by atoms with van der Waals surface area (Å²) in [6.45, 7) is 4.33. The van der Waals surface area contributed by atoms with Crippen molar-refractivity contribution in [2.75, 3.05) is 0 Å². The van der Waals surface area contributed by atoms with E-state index >= 15 is 0 Å². The molecule has 0 radical (unpaired) electrons. The minimum absolute atomic E-state index is 0.208. The fourth-order valence-corrected chi connectivity index (χ4v) is 2.92. The number of unbranched alkanes of at least 4 members (excludes halogenated alkanes) is 5. The molecule has 0 bridgehead atoms. The van der Waals surface area contributed by atoms with Crippen molar-refractivity contribution in [3.8, 4) is 0 Å². The van der Waals surface area contributed by atoms with Crippen LogP contribution < -0.4 is 0 Å². The van der Waals surface area contributed by atoms with Crippen molar-refractivity contribution in [2.45, 2.75) is 90.9 Å². The Labute approximate surface area is 135 Å². The molecule has 2 atom stereocenters. The highest BCUT2D eigenvalue weighted by Crippen LogP contribution is 2.25. The molecule has 4 heteroatoms. The molecule has 0 rings (SSSR count). The molecular weight excluding hydrogens is 280 g/mol. The van der Waals surface area contributed by atoms with E-state index in [-0.39, 0.29) is 12.3 Å². The van der Waals surface area contributed by atoms with E-state index < -0.39 is 11.9 Å². The lowest BCUT2D eigenvalue weighted by molar-refractivity contribution is -0.142. The summed E-state index contributed by atoms with van der Waals surface area (Å²) < 4.78 is 0. The summed E-state index contributed by atoms with van der Waals surface area (Å²) in [5.74, 6) is -1.05. The monoisotopic (exact) mass is 314 g/mol. The normalized spacial score (nSPS) is 13.7. The number of carboxylic acid groups (broad SMARTS) is 2. The Bertz CT molecular complexity index is 301. The standard InChI is InChI=1S/C18H34O4/c1-3-5-11-15(4-2)14-16(18(21)22)12-9-7-6-8-10-13-17(19)20/h15-16H,3-14H2,1-2H3,(H,19,20)(H,21,22). The maximum absolute atomic E-state index is 11.4. The first-order valence-electron chi connectivity index (χ1n) is 8.95. The van der Waals surface area contributed by atoms with Gasteiger partial charge in [-0.15, -0.1) is 0 Å². The highest BCUT2D eigenvalue weighted by Gasteiger charge is 2.21. The topological polar surface area (TPSA) is 74.6 Å². The van der Waals surface area contributed by atoms with Gasteiger partial charge >= 0.3 is 11.9 Å². The maximum atomic E-state index is 11.4. The summed E-state index contributed by atoms with van der Waals surface area (Å²) in [6, 6.07) is 0. The lowest BCUT2D eigenvalue weighted by Crippen LogP contribution is -2.18. The van der Waals surface area contributed by atoms with Crippen LogP contribution in [0, 0.1) is 11.8 Å². The van der Waals surface area contributed by atoms with Crippen LogP contribution in [0.5, 0.6) is 0 Å². The lowest BCUT2D eigenvalue weighted by atomic mass is 9.86. The zero-order chi connectivity index (χ0) is 16.8. The highest BCUT2D eigenvalue weighted by molar-refractivity contribution is 5.69. The number of aliphatic carboxylic acids is 2. The van der Waals surface area contributed by atoms with E-state index in [2.05, 4.69) is 13.8 Å². The van der Waals surface area contributed by atoms with Gasteiger partial charge in [0.05, 0.1) is 5.92 Å². The van der Waals surface area contributed by atoms with Crippen LogP contribution in [0.2, 0.25) is 0 Å². The number of hydrogen-bond acceptors (Lipinski definition) is 2. The molecule has 0 fully saturated rings. The largest absolute Gasteiger partial charge is 0.481 e. The zero-order valence-corrected chi connectivity index (χ0v) is 14.4. The van der Waals surface area contributed by atoms with Crippen LogP contribution in [-0.2, 0) is 9.59 Å². The van der Waals surface area contributed by atoms with E-state index in [1.807, 2.05) is 0 Å². The van der Waals surface area contributed by atoms with Crippen LogP contribution in [0.4, 0.5) is 0 Å². The molecule has 0 saturated heterocycles. The molecule has 4 nitrogen and oxygen atoms in total. The summed E-state index contributed by atoms with van der Waals surface area (Å²) >= 11 is 0. The number of hydrogen-bond donors (Lipinski definition) is 2. The molecule has 0 aliphatic rings. The van der Waals surface area contributed by atoms with Crippen LogP contribution in [-0.4, -0.2) is 22.2 Å². The molecule has 0 saturated carbocycles. The molecule has 0 aliphatic carbocycles. The van der Waals surface area contributed by atoms with E-state index in [0.717, 1.165) is 57.8 Å². The second-order valence-corrected chi connectivity index (χ2v) is 6.39. The fraction of sp³-hybridized carbons (Fsp3) is 0.889. The second-order valence-electron chi connectivity index (χ2n) is 6.39.